The van der Waals surface area contributed by atoms with Gasteiger partial charge in [-0.1, -0.05) is 38.1 Å². The summed E-state index contributed by atoms with van der Waals surface area (Å²) < 4.78 is 11.7. The second kappa shape index (κ2) is 9.45. The first kappa shape index (κ1) is 20.8. The molecule has 0 saturated carbocycles. The zero-order valence-electron chi connectivity index (χ0n) is 17.3. The van der Waals surface area contributed by atoms with Crippen molar-refractivity contribution in [3.05, 3.63) is 58.7 Å². The molecule has 2 aromatic carbocycles. The van der Waals surface area contributed by atoms with Gasteiger partial charge in [-0.2, -0.15) is 0 Å². The Balaban J connectivity index is 1.86. The number of carbonyl (C=O) groups is 1. The van der Waals surface area contributed by atoms with E-state index >= 15 is 0 Å². The smallest absolute Gasteiger partial charge is 0.260 e. The molecule has 4 nitrogen and oxygen atoms in total. The van der Waals surface area contributed by atoms with Crippen LogP contribution in [0.5, 0.6) is 11.5 Å². The third kappa shape index (κ3) is 6.02. The lowest BCUT2D eigenvalue weighted by molar-refractivity contribution is -0.127. The highest BCUT2D eigenvalue weighted by Gasteiger charge is 2.17. The van der Waals surface area contributed by atoms with E-state index in [9.17, 15) is 4.79 Å². The first-order chi connectivity index (χ1) is 12.8. The van der Waals surface area contributed by atoms with E-state index in [-0.39, 0.29) is 5.91 Å². The molecule has 0 spiro atoms. The van der Waals surface area contributed by atoms with Gasteiger partial charge < -0.3 is 14.8 Å². The van der Waals surface area contributed by atoms with Gasteiger partial charge in [0.25, 0.3) is 5.91 Å². The monoisotopic (exact) mass is 369 g/mol. The number of aryl methyl sites for hydroxylation is 3. The van der Waals surface area contributed by atoms with Crippen LogP contribution in [0, 0.1) is 20.8 Å². The Labute approximate surface area is 162 Å². The van der Waals surface area contributed by atoms with E-state index in [2.05, 4.69) is 37.4 Å². The zero-order valence-corrected chi connectivity index (χ0v) is 17.3. The maximum Gasteiger partial charge on any atom is 0.260 e. The van der Waals surface area contributed by atoms with Crippen molar-refractivity contribution in [1.82, 2.24) is 5.32 Å². The van der Waals surface area contributed by atoms with Crippen LogP contribution in [0.25, 0.3) is 0 Å². The summed E-state index contributed by atoms with van der Waals surface area (Å²) in [5.41, 5.74) is 4.47. The van der Waals surface area contributed by atoms with Crippen LogP contribution in [-0.2, 0) is 4.79 Å². The molecular formula is C23H31NO3. The molecule has 0 aliphatic heterocycles. The van der Waals surface area contributed by atoms with Crippen LogP contribution < -0.4 is 14.8 Å². The average molecular weight is 370 g/mol. The highest BCUT2D eigenvalue weighted by Crippen LogP contribution is 2.28. The largest absolute Gasteiger partial charge is 0.491 e. The predicted octanol–water partition coefficient (Wildman–Crippen LogP) is 4.70. The number of amides is 1. The van der Waals surface area contributed by atoms with Crippen LogP contribution in [0.3, 0.4) is 0 Å². The van der Waals surface area contributed by atoms with Gasteiger partial charge in [-0.05, 0) is 68.0 Å². The third-order valence-electron chi connectivity index (χ3n) is 4.47. The van der Waals surface area contributed by atoms with E-state index < -0.39 is 6.10 Å². The number of hydrogen-bond donors (Lipinski definition) is 1. The molecule has 1 atom stereocenters. The molecule has 2 rings (SSSR count). The molecule has 146 valence electrons. The number of nitrogens with one attached hydrogen (secondary N) is 1. The summed E-state index contributed by atoms with van der Waals surface area (Å²) in [5, 5.41) is 2.88. The van der Waals surface area contributed by atoms with Crippen molar-refractivity contribution in [3.63, 3.8) is 0 Å². The van der Waals surface area contributed by atoms with E-state index in [1.54, 1.807) is 6.92 Å². The number of benzene rings is 2. The van der Waals surface area contributed by atoms with Gasteiger partial charge in [-0.3, -0.25) is 4.79 Å². The summed E-state index contributed by atoms with van der Waals surface area (Å²) in [5.74, 6) is 1.83. The number of carbonyl (C=O) groups excluding carboxylic acids is 1. The lowest BCUT2D eigenvalue weighted by atomic mass is 10.0. The van der Waals surface area contributed by atoms with Crippen molar-refractivity contribution < 1.29 is 14.3 Å². The number of rotatable bonds is 8. The molecule has 1 amide bonds. The van der Waals surface area contributed by atoms with Crippen LogP contribution in [0.2, 0.25) is 0 Å². The highest BCUT2D eigenvalue weighted by molar-refractivity contribution is 5.80. The maximum absolute atomic E-state index is 12.4. The topological polar surface area (TPSA) is 47.6 Å². The van der Waals surface area contributed by atoms with E-state index in [4.69, 9.17) is 9.47 Å². The average Bonchev–Trinajstić information content (AvgIpc) is 2.61. The molecule has 0 aliphatic carbocycles. The van der Waals surface area contributed by atoms with Crippen molar-refractivity contribution in [2.24, 2.45) is 0 Å². The van der Waals surface area contributed by atoms with Crippen molar-refractivity contribution in [1.29, 1.82) is 0 Å². The van der Waals surface area contributed by atoms with Gasteiger partial charge >= 0.3 is 0 Å². The minimum absolute atomic E-state index is 0.143. The first-order valence-electron chi connectivity index (χ1n) is 9.53. The molecule has 0 aromatic heterocycles. The maximum atomic E-state index is 12.4. The standard InChI is InChI=1S/C23H31NO3/c1-15(2)20-10-8-17(4)14-22(20)27-19(6)23(25)24-11-12-26-21-13-16(3)7-9-18(21)5/h7-10,13-15,19H,11-12H2,1-6H3,(H,24,25)/t19-/m0/s1. The van der Waals surface area contributed by atoms with Crippen molar-refractivity contribution in [3.8, 4) is 11.5 Å². The van der Waals surface area contributed by atoms with Gasteiger partial charge in [0, 0.05) is 0 Å². The van der Waals surface area contributed by atoms with Crippen LogP contribution in [0.15, 0.2) is 36.4 Å². The van der Waals surface area contributed by atoms with Gasteiger partial charge in [0.05, 0.1) is 6.54 Å². The van der Waals surface area contributed by atoms with Gasteiger partial charge in [0.2, 0.25) is 0 Å². The predicted molar refractivity (Wildman–Crippen MR) is 110 cm³/mol. The Hall–Kier alpha value is -2.49. The van der Waals surface area contributed by atoms with E-state index in [0.717, 1.165) is 33.8 Å². The second-order valence-corrected chi connectivity index (χ2v) is 7.36. The number of ether oxygens (including phenoxy) is 2. The lowest BCUT2D eigenvalue weighted by Crippen LogP contribution is -2.38. The SMILES string of the molecule is Cc1ccc(C)c(OCCNC(=O)[C@H](C)Oc2cc(C)ccc2C(C)C)c1. The zero-order chi connectivity index (χ0) is 20.0. The summed E-state index contributed by atoms with van der Waals surface area (Å²) >= 11 is 0. The van der Waals surface area contributed by atoms with Crippen molar-refractivity contribution in [2.75, 3.05) is 13.2 Å². The highest BCUT2D eigenvalue weighted by atomic mass is 16.5. The van der Waals surface area contributed by atoms with Gasteiger partial charge in [0.1, 0.15) is 18.1 Å². The number of hydrogen-bond acceptors (Lipinski definition) is 3. The van der Waals surface area contributed by atoms with Crippen LogP contribution in [0.1, 0.15) is 48.9 Å². The fraction of sp³-hybridized carbons (Fsp3) is 0.435. The Morgan fingerprint density at radius 1 is 0.963 bits per heavy atom. The first-order valence-corrected chi connectivity index (χ1v) is 9.53. The Bertz CT molecular complexity index is 783. The Morgan fingerprint density at radius 2 is 1.59 bits per heavy atom. The van der Waals surface area contributed by atoms with Gasteiger partial charge in [-0.25, -0.2) is 0 Å². The lowest BCUT2D eigenvalue weighted by Gasteiger charge is -2.19. The molecular weight excluding hydrogens is 338 g/mol. The van der Waals surface area contributed by atoms with E-state index in [1.165, 1.54) is 0 Å². The minimum atomic E-state index is -0.565. The summed E-state index contributed by atoms with van der Waals surface area (Å²) in [4.78, 5) is 12.4. The fourth-order valence-electron chi connectivity index (χ4n) is 2.81. The summed E-state index contributed by atoms with van der Waals surface area (Å²) in [6.45, 7) is 12.9. The molecule has 0 aliphatic rings. The molecule has 0 radical (unpaired) electrons. The van der Waals surface area contributed by atoms with Crippen LogP contribution in [0.4, 0.5) is 0 Å². The van der Waals surface area contributed by atoms with Gasteiger partial charge in [-0.15, -0.1) is 0 Å². The normalized spacial score (nSPS) is 12.0. The quantitative estimate of drug-likeness (QED) is 0.686. The van der Waals surface area contributed by atoms with E-state index in [1.807, 2.05) is 39.0 Å². The van der Waals surface area contributed by atoms with Crippen molar-refractivity contribution in [2.45, 2.75) is 53.6 Å². The van der Waals surface area contributed by atoms with Crippen molar-refractivity contribution >= 4 is 5.91 Å². The molecule has 0 saturated heterocycles. The second-order valence-electron chi connectivity index (χ2n) is 7.36. The van der Waals surface area contributed by atoms with Crippen LogP contribution >= 0.6 is 0 Å². The fourth-order valence-corrected chi connectivity index (χ4v) is 2.81. The third-order valence-corrected chi connectivity index (χ3v) is 4.47. The Kier molecular flexibility index (Phi) is 7.28. The minimum Gasteiger partial charge on any atom is -0.491 e. The summed E-state index contributed by atoms with van der Waals surface area (Å²) in [7, 11) is 0. The molecule has 0 heterocycles. The van der Waals surface area contributed by atoms with Crippen LogP contribution in [-0.4, -0.2) is 25.2 Å². The summed E-state index contributed by atoms with van der Waals surface area (Å²) in [6, 6.07) is 12.2. The molecule has 4 heteroatoms. The van der Waals surface area contributed by atoms with E-state index in [0.29, 0.717) is 19.1 Å². The molecule has 1 N–H and O–H groups in total. The molecule has 0 fully saturated rings. The summed E-state index contributed by atoms with van der Waals surface area (Å²) in [6.07, 6.45) is -0.565. The Morgan fingerprint density at radius 3 is 2.26 bits per heavy atom. The van der Waals surface area contributed by atoms with Gasteiger partial charge in [0.15, 0.2) is 6.10 Å². The molecule has 0 unspecified atom stereocenters. The molecule has 2 aromatic rings. The molecule has 0 bridgehead atoms. The molecule has 27 heavy (non-hydrogen) atoms.